The van der Waals surface area contributed by atoms with Crippen LogP contribution in [-0.4, -0.2) is 97.7 Å². The smallest absolute Gasteiger partial charge is 0.410 e. The summed E-state index contributed by atoms with van der Waals surface area (Å²) in [7, 11) is 1.66. The normalized spacial score (nSPS) is 24.6. The minimum absolute atomic E-state index is 0.0272. The van der Waals surface area contributed by atoms with E-state index in [1.807, 2.05) is 37.8 Å². The lowest BCUT2D eigenvalue weighted by Crippen LogP contribution is -2.52. The van der Waals surface area contributed by atoms with Gasteiger partial charge in [0, 0.05) is 57.8 Å². The molecule has 304 valence electrons. The van der Waals surface area contributed by atoms with Crippen LogP contribution < -0.4 is 4.74 Å². The summed E-state index contributed by atoms with van der Waals surface area (Å²) in [6.45, 7) is 15.8. The average Bonchev–Trinajstić information content (AvgIpc) is 3.11. The van der Waals surface area contributed by atoms with Gasteiger partial charge < -0.3 is 19.1 Å². The fourth-order valence-electron chi connectivity index (χ4n) is 9.38. The summed E-state index contributed by atoms with van der Waals surface area (Å²) in [4.78, 5) is 18.9. The van der Waals surface area contributed by atoms with Crippen LogP contribution in [0, 0.1) is 11.3 Å². The van der Waals surface area contributed by atoms with Crippen LogP contribution in [-0.2, 0) is 21.4 Å². The highest BCUT2D eigenvalue weighted by atomic mass is 19.4. The van der Waals surface area contributed by atoms with E-state index < -0.39 is 17.2 Å². The summed E-state index contributed by atoms with van der Waals surface area (Å²) in [5.41, 5.74) is 2.15. The fourth-order valence-corrected chi connectivity index (χ4v) is 9.38. The molecule has 2 aromatic carbocycles. The first-order chi connectivity index (χ1) is 26.0. The highest BCUT2D eigenvalue weighted by molar-refractivity contribution is 5.68. The number of piperazine rings is 1. The Morgan fingerprint density at radius 3 is 2.20 bits per heavy atom. The van der Waals surface area contributed by atoms with Crippen LogP contribution in [0.5, 0.6) is 5.75 Å². The van der Waals surface area contributed by atoms with Crippen molar-refractivity contribution in [1.82, 2.24) is 14.7 Å². The second-order valence-corrected chi connectivity index (χ2v) is 18.5. The first kappa shape index (κ1) is 41.6. The first-order valence-corrected chi connectivity index (χ1v) is 20.5. The number of alkyl halides is 3. The molecule has 0 bridgehead atoms. The molecular weight excluding hydrogens is 704 g/mol. The van der Waals surface area contributed by atoms with Crippen LogP contribution in [0.1, 0.15) is 109 Å². The third-order valence-electron chi connectivity index (χ3n) is 12.7. The Bertz CT molecular complexity index is 1610. The van der Waals surface area contributed by atoms with E-state index >= 15 is 0 Å². The monoisotopic (exact) mass is 767 g/mol. The third-order valence-corrected chi connectivity index (χ3v) is 12.7. The van der Waals surface area contributed by atoms with Gasteiger partial charge in [-0.15, -0.1) is 0 Å². The van der Waals surface area contributed by atoms with Crippen molar-refractivity contribution in [2.75, 3.05) is 59.5 Å². The lowest BCUT2D eigenvalue weighted by Gasteiger charge is -2.48. The molecule has 0 aromatic heterocycles. The molecule has 1 unspecified atom stereocenters. The molecule has 55 heavy (non-hydrogen) atoms. The van der Waals surface area contributed by atoms with Crippen LogP contribution in [0.4, 0.5) is 18.0 Å². The number of benzene rings is 2. The number of nitrogens with zero attached hydrogens (tertiary/aromatic N) is 3. The molecule has 1 saturated carbocycles. The fraction of sp³-hybridized carbons (Fsp3) is 0.667. The molecule has 3 fully saturated rings. The van der Waals surface area contributed by atoms with E-state index in [4.69, 9.17) is 14.2 Å². The van der Waals surface area contributed by atoms with Gasteiger partial charge in [-0.05, 0) is 133 Å². The van der Waals surface area contributed by atoms with Crippen molar-refractivity contribution in [2.45, 2.75) is 122 Å². The largest absolute Gasteiger partial charge is 0.497 e. The van der Waals surface area contributed by atoms with Gasteiger partial charge in [0.05, 0.1) is 18.1 Å². The zero-order chi connectivity index (χ0) is 39.5. The van der Waals surface area contributed by atoms with E-state index in [0.29, 0.717) is 45.1 Å². The molecule has 4 aliphatic rings. The highest BCUT2D eigenvalue weighted by Gasteiger charge is 2.58. The molecule has 0 N–H and O–H groups in total. The van der Waals surface area contributed by atoms with E-state index in [0.717, 1.165) is 69.5 Å². The molecule has 0 spiro atoms. The molecule has 10 heteroatoms. The standard InChI is InChI=1S/C45H64F3N3O4/c1-41(2,3)55-40(52)51-27-25-49(26-28-51)30-34-8-12-36(13-9-34)37-14-10-35(11-15-37)31-50(33-44(20-7-21-44)45(46,47)48)24-22-43(23-29-54-42(4,5)32-43)38-16-18-39(53-6)19-17-38/h10-12,14-19,34H,7-9,13,20-33H2,1-6H3/t34?,43-/m1/s1. The van der Waals surface area contributed by atoms with Crippen molar-refractivity contribution in [2.24, 2.45) is 11.3 Å². The van der Waals surface area contributed by atoms with E-state index in [-0.39, 0.29) is 36.5 Å². The summed E-state index contributed by atoms with van der Waals surface area (Å²) in [5.74, 6) is 1.38. The maximum absolute atomic E-state index is 14.6. The summed E-state index contributed by atoms with van der Waals surface area (Å²) >= 11 is 0. The first-order valence-electron chi connectivity index (χ1n) is 20.5. The number of carbonyl (C=O) groups excluding carboxylic acids is 1. The van der Waals surface area contributed by atoms with Crippen LogP contribution in [0.25, 0.3) is 5.57 Å². The summed E-state index contributed by atoms with van der Waals surface area (Å²) in [5, 5.41) is 0. The number of amides is 1. The molecular formula is C45H64F3N3O4. The zero-order valence-corrected chi connectivity index (χ0v) is 34.1. The minimum atomic E-state index is -4.22. The lowest BCUT2D eigenvalue weighted by molar-refractivity contribution is -0.256. The lowest BCUT2D eigenvalue weighted by atomic mass is 9.66. The van der Waals surface area contributed by atoms with Gasteiger partial charge in [-0.2, -0.15) is 13.2 Å². The molecule has 2 atom stereocenters. The zero-order valence-electron chi connectivity index (χ0n) is 34.1. The van der Waals surface area contributed by atoms with Gasteiger partial charge in [0.2, 0.25) is 0 Å². The van der Waals surface area contributed by atoms with Gasteiger partial charge in [-0.1, -0.05) is 48.9 Å². The predicted octanol–water partition coefficient (Wildman–Crippen LogP) is 9.88. The Hall–Kier alpha value is -3.08. The number of hydrogen-bond acceptors (Lipinski definition) is 6. The molecule has 6 rings (SSSR count). The maximum Gasteiger partial charge on any atom is 0.410 e. The average molecular weight is 768 g/mol. The van der Waals surface area contributed by atoms with Gasteiger partial charge in [0.15, 0.2) is 0 Å². The van der Waals surface area contributed by atoms with Crippen molar-refractivity contribution in [3.8, 4) is 5.75 Å². The second kappa shape index (κ2) is 16.8. The molecule has 1 amide bonds. The van der Waals surface area contributed by atoms with Crippen molar-refractivity contribution in [3.05, 3.63) is 71.3 Å². The van der Waals surface area contributed by atoms with Crippen molar-refractivity contribution < 1.29 is 32.2 Å². The van der Waals surface area contributed by atoms with Crippen LogP contribution in [0.3, 0.4) is 0 Å². The van der Waals surface area contributed by atoms with E-state index in [1.54, 1.807) is 7.11 Å². The minimum Gasteiger partial charge on any atom is -0.497 e. The number of carbonyl (C=O) groups is 1. The van der Waals surface area contributed by atoms with E-state index in [2.05, 4.69) is 66.1 Å². The molecule has 7 nitrogen and oxygen atoms in total. The number of halogens is 3. The van der Waals surface area contributed by atoms with Crippen LogP contribution in [0.2, 0.25) is 0 Å². The number of rotatable bonds is 12. The number of methoxy groups -OCH3 is 1. The third kappa shape index (κ3) is 10.5. The summed E-state index contributed by atoms with van der Waals surface area (Å²) in [6.07, 6.45) is 4.51. The SMILES string of the molecule is COc1ccc([C@]2(CCN(Cc3ccc(C4=CCC(CN5CCN(C(=O)OC(C)(C)C)CC5)CC4)cc3)CC3(C(F)(F)F)CCC3)CCOC(C)(C)C2)cc1. The van der Waals surface area contributed by atoms with Gasteiger partial charge in [-0.3, -0.25) is 9.80 Å². The maximum atomic E-state index is 14.6. The Kier molecular flexibility index (Phi) is 12.7. The number of allylic oxidation sites excluding steroid dienone is 2. The quantitative estimate of drug-likeness (QED) is 0.215. The van der Waals surface area contributed by atoms with Gasteiger partial charge in [-0.25, -0.2) is 4.79 Å². The topological polar surface area (TPSA) is 54.5 Å². The molecule has 2 aromatic rings. The van der Waals surface area contributed by atoms with Crippen LogP contribution >= 0.6 is 0 Å². The highest BCUT2D eigenvalue weighted by Crippen LogP contribution is 2.54. The van der Waals surface area contributed by atoms with Gasteiger partial charge in [0.25, 0.3) is 0 Å². The molecule has 2 heterocycles. The number of hydrogen-bond donors (Lipinski definition) is 0. The Labute approximate surface area is 327 Å². The van der Waals surface area contributed by atoms with Crippen molar-refractivity contribution in [3.63, 3.8) is 0 Å². The second-order valence-electron chi connectivity index (χ2n) is 18.5. The Balaban J connectivity index is 1.09. The van der Waals surface area contributed by atoms with Crippen molar-refractivity contribution in [1.29, 1.82) is 0 Å². The van der Waals surface area contributed by atoms with E-state index in [1.165, 1.54) is 16.7 Å². The Morgan fingerprint density at radius 1 is 0.964 bits per heavy atom. The molecule has 0 radical (unpaired) electrons. The summed E-state index contributed by atoms with van der Waals surface area (Å²) < 4.78 is 60.9. The molecule has 2 aliphatic carbocycles. The summed E-state index contributed by atoms with van der Waals surface area (Å²) in [6, 6.07) is 16.8. The Morgan fingerprint density at radius 2 is 1.65 bits per heavy atom. The molecule has 2 aliphatic heterocycles. The van der Waals surface area contributed by atoms with Gasteiger partial charge >= 0.3 is 12.3 Å². The van der Waals surface area contributed by atoms with Crippen LogP contribution in [0.15, 0.2) is 54.6 Å². The van der Waals surface area contributed by atoms with Gasteiger partial charge in [0.1, 0.15) is 11.4 Å². The molecule has 2 saturated heterocycles. The number of ether oxygens (including phenoxy) is 3. The van der Waals surface area contributed by atoms with Crippen molar-refractivity contribution >= 4 is 11.7 Å². The van der Waals surface area contributed by atoms with E-state index in [9.17, 15) is 18.0 Å². The predicted molar refractivity (Wildman–Crippen MR) is 212 cm³/mol.